The molecule has 0 unspecified atom stereocenters. The van der Waals surface area contributed by atoms with Crippen molar-refractivity contribution in [3.8, 4) is 0 Å². The quantitative estimate of drug-likeness (QED) is 0.903. The Morgan fingerprint density at radius 3 is 2.82 bits per heavy atom. The lowest BCUT2D eigenvalue weighted by atomic mass is 10.3. The van der Waals surface area contributed by atoms with Crippen LogP contribution in [0.4, 0.5) is 5.82 Å². The van der Waals surface area contributed by atoms with Crippen molar-refractivity contribution in [3.05, 3.63) is 45.8 Å². The molecule has 0 saturated carbocycles. The lowest BCUT2D eigenvalue weighted by Gasteiger charge is -2.02. The molecule has 0 fully saturated rings. The van der Waals surface area contributed by atoms with E-state index in [0.29, 0.717) is 5.82 Å². The summed E-state index contributed by atoms with van der Waals surface area (Å²) in [4.78, 5) is 18.1. The van der Waals surface area contributed by atoms with Crippen molar-refractivity contribution in [1.29, 1.82) is 0 Å². The predicted octanol–water partition coefficient (Wildman–Crippen LogP) is 3.27. The van der Waals surface area contributed by atoms with Gasteiger partial charge in [0.25, 0.3) is 5.91 Å². The lowest BCUT2D eigenvalue weighted by Crippen LogP contribution is -2.11. The number of amides is 1. The van der Waals surface area contributed by atoms with Crippen LogP contribution in [0.2, 0.25) is 0 Å². The van der Waals surface area contributed by atoms with E-state index in [1.54, 1.807) is 6.07 Å². The van der Waals surface area contributed by atoms with Crippen LogP contribution in [0.1, 0.15) is 27.2 Å². The molecule has 4 heteroatoms. The lowest BCUT2D eigenvalue weighted by molar-refractivity contribution is 0.103. The Bertz CT molecular complexity index is 534. The van der Waals surface area contributed by atoms with E-state index in [1.165, 1.54) is 16.2 Å². The number of nitrogens with one attached hydrogen (secondary N) is 1. The molecule has 0 atom stereocenters. The van der Waals surface area contributed by atoms with Crippen LogP contribution in [0.5, 0.6) is 0 Å². The summed E-state index contributed by atoms with van der Waals surface area (Å²) in [5.41, 5.74) is 0.892. The van der Waals surface area contributed by atoms with Gasteiger partial charge in [-0.25, -0.2) is 4.98 Å². The van der Waals surface area contributed by atoms with Crippen LogP contribution < -0.4 is 5.32 Å². The molecule has 0 aliphatic heterocycles. The number of thiophene rings is 1. The zero-order valence-electron chi connectivity index (χ0n) is 9.86. The van der Waals surface area contributed by atoms with Gasteiger partial charge in [-0.2, -0.15) is 0 Å². The Morgan fingerprint density at radius 2 is 2.18 bits per heavy atom. The van der Waals surface area contributed by atoms with Gasteiger partial charge in [0.05, 0.1) is 4.88 Å². The maximum Gasteiger partial charge on any atom is 0.266 e. The number of rotatable bonds is 3. The van der Waals surface area contributed by atoms with E-state index in [4.69, 9.17) is 0 Å². The van der Waals surface area contributed by atoms with Crippen molar-refractivity contribution < 1.29 is 4.79 Å². The molecule has 0 aliphatic rings. The molecule has 0 bridgehead atoms. The fourth-order valence-corrected chi connectivity index (χ4v) is 2.32. The number of aryl methyl sites for hydroxylation is 2. The molecule has 0 saturated heterocycles. The highest BCUT2D eigenvalue weighted by Gasteiger charge is 2.09. The van der Waals surface area contributed by atoms with Gasteiger partial charge in [-0.3, -0.25) is 4.79 Å². The molecule has 3 nitrogen and oxygen atoms in total. The van der Waals surface area contributed by atoms with Gasteiger partial charge in [-0.05, 0) is 37.6 Å². The van der Waals surface area contributed by atoms with Gasteiger partial charge in [0.15, 0.2) is 0 Å². The molecule has 1 amide bonds. The molecule has 2 aromatic rings. The predicted molar refractivity (Wildman–Crippen MR) is 70.6 cm³/mol. The molecule has 0 radical (unpaired) electrons. The number of carbonyl (C=O) groups is 1. The summed E-state index contributed by atoms with van der Waals surface area (Å²) in [6.07, 6.45) is 0.959. The minimum Gasteiger partial charge on any atom is -0.306 e. The smallest absolute Gasteiger partial charge is 0.266 e. The van der Waals surface area contributed by atoms with Gasteiger partial charge in [0.1, 0.15) is 5.82 Å². The zero-order valence-corrected chi connectivity index (χ0v) is 10.7. The molecule has 2 heterocycles. The number of hydrogen-bond donors (Lipinski definition) is 1. The molecule has 17 heavy (non-hydrogen) atoms. The summed E-state index contributed by atoms with van der Waals surface area (Å²) < 4.78 is 0. The van der Waals surface area contributed by atoms with Gasteiger partial charge < -0.3 is 5.32 Å². The first kappa shape index (κ1) is 11.8. The second-order valence-corrected chi connectivity index (χ2v) is 4.91. The number of hydrogen-bond acceptors (Lipinski definition) is 3. The third-order valence-corrected chi connectivity index (χ3v) is 3.59. The Kier molecular flexibility index (Phi) is 3.54. The highest BCUT2D eigenvalue weighted by Crippen LogP contribution is 2.18. The summed E-state index contributed by atoms with van der Waals surface area (Å²) in [5.74, 6) is 0.509. The SMILES string of the molecule is CCc1ccc(C(=O)Nc2cccc(C)n2)s1. The van der Waals surface area contributed by atoms with E-state index in [-0.39, 0.29) is 5.91 Å². The topological polar surface area (TPSA) is 42.0 Å². The Balaban J connectivity index is 2.11. The van der Waals surface area contributed by atoms with E-state index in [1.807, 2.05) is 31.2 Å². The summed E-state index contributed by atoms with van der Waals surface area (Å²) in [7, 11) is 0. The van der Waals surface area contributed by atoms with E-state index in [0.717, 1.165) is 17.0 Å². The second-order valence-electron chi connectivity index (χ2n) is 3.74. The molecule has 0 spiro atoms. The van der Waals surface area contributed by atoms with Crippen LogP contribution in [0.25, 0.3) is 0 Å². The maximum absolute atomic E-state index is 11.9. The largest absolute Gasteiger partial charge is 0.306 e. The monoisotopic (exact) mass is 246 g/mol. The van der Waals surface area contributed by atoms with Crippen molar-refractivity contribution in [2.24, 2.45) is 0 Å². The molecule has 2 rings (SSSR count). The second kappa shape index (κ2) is 5.10. The van der Waals surface area contributed by atoms with Crippen molar-refractivity contribution in [2.45, 2.75) is 20.3 Å². The van der Waals surface area contributed by atoms with Gasteiger partial charge >= 0.3 is 0 Å². The summed E-state index contributed by atoms with van der Waals surface area (Å²) in [6.45, 7) is 3.98. The Hall–Kier alpha value is -1.68. The van der Waals surface area contributed by atoms with Crippen LogP contribution >= 0.6 is 11.3 Å². The zero-order chi connectivity index (χ0) is 12.3. The summed E-state index contributed by atoms with van der Waals surface area (Å²) >= 11 is 1.52. The number of carbonyl (C=O) groups excluding carboxylic acids is 1. The number of pyridine rings is 1. The van der Waals surface area contributed by atoms with Gasteiger partial charge in [-0.15, -0.1) is 11.3 Å². The minimum atomic E-state index is -0.0900. The standard InChI is InChI=1S/C13H14N2OS/c1-3-10-7-8-11(17-10)13(16)15-12-6-4-5-9(2)14-12/h4-8H,3H2,1-2H3,(H,14,15,16). The normalized spacial score (nSPS) is 10.2. The van der Waals surface area contributed by atoms with Crippen LogP contribution in [0.15, 0.2) is 30.3 Å². The molecule has 88 valence electrons. The van der Waals surface area contributed by atoms with Crippen molar-refractivity contribution in [3.63, 3.8) is 0 Å². The first-order chi connectivity index (χ1) is 8.19. The Labute approximate surface area is 105 Å². The van der Waals surface area contributed by atoms with Crippen LogP contribution in [0, 0.1) is 6.92 Å². The number of nitrogens with zero attached hydrogens (tertiary/aromatic N) is 1. The summed E-state index contributed by atoms with van der Waals surface area (Å²) in [5, 5.41) is 2.80. The van der Waals surface area contributed by atoms with Crippen molar-refractivity contribution >= 4 is 23.1 Å². The van der Waals surface area contributed by atoms with Crippen molar-refractivity contribution in [2.75, 3.05) is 5.32 Å². The summed E-state index contributed by atoms with van der Waals surface area (Å²) in [6, 6.07) is 9.41. The van der Waals surface area contributed by atoms with Crippen LogP contribution in [0.3, 0.4) is 0 Å². The van der Waals surface area contributed by atoms with E-state index in [2.05, 4.69) is 17.2 Å². The van der Waals surface area contributed by atoms with Crippen LogP contribution in [-0.2, 0) is 6.42 Å². The highest BCUT2D eigenvalue weighted by molar-refractivity contribution is 7.14. The molecule has 0 aliphatic carbocycles. The first-order valence-corrected chi connectivity index (χ1v) is 6.34. The van der Waals surface area contributed by atoms with Gasteiger partial charge in [-0.1, -0.05) is 13.0 Å². The molecular formula is C13H14N2OS. The number of anilines is 1. The average molecular weight is 246 g/mol. The number of aromatic nitrogens is 1. The van der Waals surface area contributed by atoms with E-state index >= 15 is 0 Å². The van der Waals surface area contributed by atoms with E-state index in [9.17, 15) is 4.79 Å². The fraction of sp³-hybridized carbons (Fsp3) is 0.231. The van der Waals surface area contributed by atoms with Gasteiger partial charge in [0.2, 0.25) is 0 Å². The van der Waals surface area contributed by atoms with Crippen LogP contribution in [-0.4, -0.2) is 10.9 Å². The molecule has 2 aromatic heterocycles. The first-order valence-electron chi connectivity index (χ1n) is 5.52. The molecular weight excluding hydrogens is 232 g/mol. The van der Waals surface area contributed by atoms with Crippen molar-refractivity contribution in [1.82, 2.24) is 4.98 Å². The molecule has 1 N–H and O–H groups in total. The maximum atomic E-state index is 11.9. The fourth-order valence-electron chi connectivity index (χ4n) is 1.48. The third kappa shape index (κ3) is 2.91. The average Bonchev–Trinajstić information content (AvgIpc) is 2.77. The highest BCUT2D eigenvalue weighted by atomic mass is 32.1. The van der Waals surface area contributed by atoms with Gasteiger partial charge in [0, 0.05) is 10.6 Å². The van der Waals surface area contributed by atoms with E-state index < -0.39 is 0 Å². The Morgan fingerprint density at radius 1 is 1.35 bits per heavy atom. The third-order valence-electron chi connectivity index (χ3n) is 2.36. The molecule has 0 aromatic carbocycles. The minimum absolute atomic E-state index is 0.0900.